The van der Waals surface area contributed by atoms with E-state index in [1.165, 1.54) is 12.3 Å². The maximum absolute atomic E-state index is 12.0. The molecule has 8 nitrogen and oxygen atoms in total. The summed E-state index contributed by atoms with van der Waals surface area (Å²) in [6, 6.07) is 5.50. The summed E-state index contributed by atoms with van der Waals surface area (Å²) < 4.78 is 9.99. The fourth-order valence-corrected chi connectivity index (χ4v) is 3.36. The van der Waals surface area contributed by atoms with Gasteiger partial charge in [0, 0.05) is 30.6 Å². The second-order valence-electron chi connectivity index (χ2n) is 5.23. The summed E-state index contributed by atoms with van der Waals surface area (Å²) in [6.07, 6.45) is 1.32. The van der Waals surface area contributed by atoms with Crippen molar-refractivity contribution in [3.05, 3.63) is 34.7 Å². The number of nitrogens with zero attached hydrogens (tertiary/aromatic N) is 2. The van der Waals surface area contributed by atoms with Gasteiger partial charge in [-0.3, -0.25) is 19.8 Å². The van der Waals surface area contributed by atoms with Gasteiger partial charge in [0.2, 0.25) is 0 Å². The van der Waals surface area contributed by atoms with Gasteiger partial charge in [0.25, 0.3) is 0 Å². The van der Waals surface area contributed by atoms with Crippen LogP contribution in [-0.4, -0.2) is 54.7 Å². The van der Waals surface area contributed by atoms with E-state index in [-0.39, 0.29) is 11.9 Å². The molecule has 0 saturated carbocycles. The zero-order valence-corrected chi connectivity index (χ0v) is 13.8. The van der Waals surface area contributed by atoms with Crippen LogP contribution in [0.5, 0.6) is 0 Å². The lowest BCUT2D eigenvalue weighted by atomic mass is 10.2. The molecule has 1 aliphatic rings. The molecule has 3 rings (SSSR count). The van der Waals surface area contributed by atoms with Crippen molar-refractivity contribution in [1.82, 2.24) is 15.4 Å². The third-order valence-corrected chi connectivity index (χ3v) is 4.67. The van der Waals surface area contributed by atoms with Gasteiger partial charge in [0.05, 0.1) is 19.3 Å². The molecule has 2 aromatic rings. The number of thiophene rings is 1. The highest BCUT2D eigenvalue weighted by molar-refractivity contribution is 7.10. The van der Waals surface area contributed by atoms with E-state index in [9.17, 15) is 9.59 Å². The van der Waals surface area contributed by atoms with E-state index in [1.807, 2.05) is 17.5 Å². The van der Waals surface area contributed by atoms with E-state index in [0.717, 1.165) is 18.0 Å². The van der Waals surface area contributed by atoms with Crippen molar-refractivity contribution in [2.45, 2.75) is 6.04 Å². The molecule has 24 heavy (non-hydrogen) atoms. The summed E-state index contributed by atoms with van der Waals surface area (Å²) in [4.78, 5) is 27.3. The van der Waals surface area contributed by atoms with Crippen molar-refractivity contribution >= 4 is 29.0 Å². The highest BCUT2D eigenvalue weighted by atomic mass is 32.1. The van der Waals surface area contributed by atoms with Gasteiger partial charge in [-0.1, -0.05) is 11.2 Å². The molecule has 128 valence electrons. The van der Waals surface area contributed by atoms with Crippen LogP contribution in [0.15, 0.2) is 34.4 Å². The Morgan fingerprint density at radius 1 is 1.29 bits per heavy atom. The van der Waals surface area contributed by atoms with Crippen molar-refractivity contribution < 1.29 is 18.8 Å². The normalized spacial score (nSPS) is 16.5. The summed E-state index contributed by atoms with van der Waals surface area (Å²) in [6.45, 7) is 3.28. The average Bonchev–Trinajstić information content (AvgIpc) is 3.30. The minimum Gasteiger partial charge on any atom is -0.379 e. The standard InChI is InChI=1S/C15H18N4O4S/c20-14(15(21)17-13-3-6-23-18-13)16-10-11(12-2-1-9-24-12)19-4-7-22-8-5-19/h1-3,6,9,11H,4-5,7-8,10H2,(H,16,20)(H,17,18,21)/t11-/m1/s1. The molecule has 1 aliphatic heterocycles. The van der Waals surface area contributed by atoms with Gasteiger partial charge >= 0.3 is 11.8 Å². The zero-order valence-electron chi connectivity index (χ0n) is 12.9. The molecule has 1 atom stereocenters. The number of hydrogen-bond donors (Lipinski definition) is 2. The number of carbonyl (C=O) groups is 2. The number of rotatable bonds is 5. The summed E-state index contributed by atoms with van der Waals surface area (Å²) in [5.74, 6) is -1.26. The van der Waals surface area contributed by atoms with Crippen LogP contribution in [-0.2, 0) is 14.3 Å². The Kier molecular flexibility index (Phi) is 5.57. The molecule has 2 N–H and O–H groups in total. The van der Waals surface area contributed by atoms with Crippen molar-refractivity contribution in [1.29, 1.82) is 0 Å². The molecule has 0 bridgehead atoms. The number of aromatic nitrogens is 1. The Morgan fingerprint density at radius 2 is 2.12 bits per heavy atom. The second kappa shape index (κ2) is 8.04. The van der Waals surface area contributed by atoms with Crippen LogP contribution in [0.4, 0.5) is 5.82 Å². The third kappa shape index (κ3) is 4.19. The van der Waals surface area contributed by atoms with Crippen molar-refractivity contribution in [3.8, 4) is 0 Å². The molecular formula is C15H18N4O4S. The van der Waals surface area contributed by atoms with Gasteiger partial charge in [0.1, 0.15) is 6.26 Å². The Morgan fingerprint density at radius 3 is 2.79 bits per heavy atom. The first-order chi connectivity index (χ1) is 11.7. The lowest BCUT2D eigenvalue weighted by Gasteiger charge is -2.34. The van der Waals surface area contributed by atoms with Crippen LogP contribution < -0.4 is 10.6 Å². The van der Waals surface area contributed by atoms with Crippen LogP contribution in [0.3, 0.4) is 0 Å². The molecule has 0 radical (unpaired) electrons. The molecule has 1 fully saturated rings. The molecule has 9 heteroatoms. The minimum absolute atomic E-state index is 0.0256. The minimum atomic E-state index is -0.768. The summed E-state index contributed by atoms with van der Waals surface area (Å²) >= 11 is 1.63. The van der Waals surface area contributed by atoms with Crippen LogP contribution in [0, 0.1) is 0 Å². The predicted molar refractivity (Wildman–Crippen MR) is 87.6 cm³/mol. The van der Waals surface area contributed by atoms with Crippen LogP contribution in [0.1, 0.15) is 10.9 Å². The molecule has 0 unspecified atom stereocenters. The molecule has 0 aliphatic carbocycles. The number of ether oxygens (including phenoxy) is 1. The van der Waals surface area contributed by atoms with Crippen LogP contribution in [0.2, 0.25) is 0 Å². The quantitative estimate of drug-likeness (QED) is 0.777. The maximum atomic E-state index is 12.0. The zero-order chi connectivity index (χ0) is 16.8. The Balaban J connectivity index is 1.58. The number of carbonyl (C=O) groups excluding carboxylic acids is 2. The van der Waals surface area contributed by atoms with Gasteiger partial charge in [0.15, 0.2) is 5.82 Å². The monoisotopic (exact) mass is 350 g/mol. The highest BCUT2D eigenvalue weighted by Gasteiger charge is 2.25. The maximum Gasteiger partial charge on any atom is 0.314 e. The van der Waals surface area contributed by atoms with Gasteiger partial charge in [-0.25, -0.2) is 0 Å². The molecular weight excluding hydrogens is 332 g/mol. The highest BCUT2D eigenvalue weighted by Crippen LogP contribution is 2.25. The molecule has 0 aromatic carbocycles. The predicted octanol–water partition coefficient (Wildman–Crippen LogP) is 0.864. The third-order valence-electron chi connectivity index (χ3n) is 3.70. The number of morpholine rings is 1. The first-order valence-corrected chi connectivity index (χ1v) is 8.47. The van der Waals surface area contributed by atoms with Crippen molar-refractivity contribution in [2.75, 3.05) is 38.2 Å². The molecule has 1 saturated heterocycles. The Labute approximate surface area is 142 Å². The fraction of sp³-hybridized carbons (Fsp3) is 0.400. The van der Waals surface area contributed by atoms with Gasteiger partial charge < -0.3 is 14.6 Å². The second-order valence-corrected chi connectivity index (χ2v) is 6.21. The topological polar surface area (TPSA) is 96.7 Å². The van der Waals surface area contributed by atoms with Gasteiger partial charge in [-0.15, -0.1) is 11.3 Å². The molecule has 0 spiro atoms. The van der Waals surface area contributed by atoms with E-state index in [2.05, 4.69) is 25.2 Å². The molecule has 3 heterocycles. The van der Waals surface area contributed by atoms with Gasteiger partial charge in [-0.05, 0) is 11.4 Å². The number of anilines is 1. The van der Waals surface area contributed by atoms with E-state index in [1.54, 1.807) is 11.3 Å². The lowest BCUT2D eigenvalue weighted by Crippen LogP contribution is -2.45. The average molecular weight is 350 g/mol. The van der Waals surface area contributed by atoms with Gasteiger partial charge in [-0.2, -0.15) is 0 Å². The molecule has 2 aromatic heterocycles. The Hall–Kier alpha value is -2.23. The first kappa shape index (κ1) is 16.6. The van der Waals surface area contributed by atoms with Crippen LogP contribution >= 0.6 is 11.3 Å². The smallest absolute Gasteiger partial charge is 0.314 e. The number of nitrogens with one attached hydrogen (secondary N) is 2. The lowest BCUT2D eigenvalue weighted by molar-refractivity contribution is -0.136. The van der Waals surface area contributed by atoms with E-state index < -0.39 is 11.8 Å². The molecule has 2 amide bonds. The van der Waals surface area contributed by atoms with Crippen molar-refractivity contribution in [3.63, 3.8) is 0 Å². The summed E-state index contributed by atoms with van der Waals surface area (Å²) in [7, 11) is 0. The number of amides is 2. The van der Waals surface area contributed by atoms with E-state index in [0.29, 0.717) is 19.8 Å². The fourth-order valence-electron chi connectivity index (χ4n) is 2.50. The van der Waals surface area contributed by atoms with E-state index in [4.69, 9.17) is 4.74 Å². The summed E-state index contributed by atoms with van der Waals surface area (Å²) in [5, 5.41) is 10.6. The summed E-state index contributed by atoms with van der Waals surface area (Å²) in [5.41, 5.74) is 0. The Bertz CT molecular complexity index is 653. The van der Waals surface area contributed by atoms with Crippen molar-refractivity contribution in [2.24, 2.45) is 0 Å². The first-order valence-electron chi connectivity index (χ1n) is 7.59. The van der Waals surface area contributed by atoms with Crippen LogP contribution in [0.25, 0.3) is 0 Å². The van der Waals surface area contributed by atoms with E-state index >= 15 is 0 Å². The largest absolute Gasteiger partial charge is 0.379 e. The SMILES string of the molecule is O=C(NC[C@H](c1cccs1)N1CCOCC1)C(=O)Nc1ccon1. The number of hydrogen-bond acceptors (Lipinski definition) is 7.